The van der Waals surface area contributed by atoms with Crippen LogP contribution in [-0.2, 0) is 0 Å². The van der Waals surface area contributed by atoms with Crippen molar-refractivity contribution in [1.29, 1.82) is 0 Å². The van der Waals surface area contributed by atoms with E-state index in [4.69, 9.17) is 0 Å². The summed E-state index contributed by atoms with van der Waals surface area (Å²) in [4.78, 5) is 0. The van der Waals surface area contributed by atoms with Crippen LogP contribution in [0.5, 0.6) is 0 Å². The number of rotatable bonds is 2. The first-order valence-corrected chi connectivity index (χ1v) is 10.2. The molecule has 0 N–H and O–H groups in total. The van der Waals surface area contributed by atoms with E-state index in [1.54, 1.807) is 5.57 Å². The quantitative estimate of drug-likeness (QED) is 0.499. The van der Waals surface area contributed by atoms with E-state index in [0.717, 1.165) is 11.8 Å². The van der Waals surface area contributed by atoms with Crippen molar-refractivity contribution in [2.45, 2.75) is 90.9 Å². The third kappa shape index (κ3) is 3.52. The molecule has 3 aliphatic carbocycles. The highest BCUT2D eigenvalue weighted by atomic mass is 14.5. The Morgan fingerprint density at radius 1 is 1.00 bits per heavy atom. The summed E-state index contributed by atoms with van der Waals surface area (Å²) in [6.45, 7) is 9.34. The zero-order valence-corrected chi connectivity index (χ0v) is 15.5. The fraction of sp³-hybridized carbons (Fsp3) is 0.739. The van der Waals surface area contributed by atoms with E-state index in [0.29, 0.717) is 5.41 Å². The maximum Gasteiger partial charge on any atom is -0.0143 e. The van der Waals surface area contributed by atoms with Gasteiger partial charge in [-0.3, -0.25) is 0 Å². The van der Waals surface area contributed by atoms with E-state index in [9.17, 15) is 0 Å². The van der Waals surface area contributed by atoms with Gasteiger partial charge in [0.25, 0.3) is 0 Å². The average molecular weight is 313 g/mol. The molecule has 23 heavy (non-hydrogen) atoms. The van der Waals surface area contributed by atoms with Gasteiger partial charge in [-0.05, 0) is 80.6 Å². The van der Waals surface area contributed by atoms with Gasteiger partial charge in [-0.1, -0.05) is 63.0 Å². The van der Waals surface area contributed by atoms with Crippen LogP contribution >= 0.6 is 0 Å². The first kappa shape index (κ1) is 17.1. The van der Waals surface area contributed by atoms with Gasteiger partial charge >= 0.3 is 0 Å². The third-order valence-corrected chi connectivity index (χ3v) is 7.27. The van der Waals surface area contributed by atoms with Gasteiger partial charge in [0.15, 0.2) is 0 Å². The highest BCUT2D eigenvalue weighted by Gasteiger charge is 2.44. The Morgan fingerprint density at radius 2 is 1.78 bits per heavy atom. The second-order valence-electron chi connectivity index (χ2n) is 8.55. The Morgan fingerprint density at radius 3 is 2.57 bits per heavy atom. The Hall–Kier alpha value is -0.780. The lowest BCUT2D eigenvalue weighted by molar-refractivity contribution is 0.0769. The molecule has 0 aromatic heterocycles. The van der Waals surface area contributed by atoms with Crippen molar-refractivity contribution in [1.82, 2.24) is 0 Å². The third-order valence-electron chi connectivity index (χ3n) is 7.27. The van der Waals surface area contributed by atoms with Crippen molar-refractivity contribution in [3.05, 3.63) is 35.5 Å². The van der Waals surface area contributed by atoms with Gasteiger partial charge in [-0.15, -0.1) is 0 Å². The maximum absolute atomic E-state index is 4.30. The van der Waals surface area contributed by atoms with E-state index in [2.05, 4.69) is 32.6 Å². The Balaban J connectivity index is 1.85. The molecule has 3 fully saturated rings. The highest BCUT2D eigenvalue weighted by molar-refractivity contribution is 5.35. The van der Waals surface area contributed by atoms with E-state index >= 15 is 0 Å². The SMILES string of the molecule is C=C1CCCC/C1=C/C=C1\CCCC2(C)C(CC)CCCCC12. The first-order chi connectivity index (χ1) is 11.1. The Kier molecular flexibility index (Phi) is 5.49. The summed E-state index contributed by atoms with van der Waals surface area (Å²) in [6.07, 6.45) is 21.5. The van der Waals surface area contributed by atoms with Crippen LogP contribution in [0.3, 0.4) is 0 Å². The molecule has 0 aromatic rings. The predicted molar refractivity (Wildman–Crippen MR) is 101 cm³/mol. The molecule has 128 valence electrons. The summed E-state index contributed by atoms with van der Waals surface area (Å²) >= 11 is 0. The van der Waals surface area contributed by atoms with Gasteiger partial charge in [0, 0.05) is 0 Å². The summed E-state index contributed by atoms with van der Waals surface area (Å²) in [5.74, 6) is 1.79. The maximum atomic E-state index is 4.30. The van der Waals surface area contributed by atoms with Crippen LogP contribution < -0.4 is 0 Å². The minimum atomic E-state index is 0.567. The molecule has 3 saturated carbocycles. The van der Waals surface area contributed by atoms with Gasteiger partial charge in [0.05, 0.1) is 0 Å². The number of fused-ring (bicyclic) bond motifs is 1. The molecule has 3 atom stereocenters. The van der Waals surface area contributed by atoms with E-state index in [1.165, 1.54) is 88.2 Å². The number of allylic oxidation sites excluding steroid dienone is 5. The van der Waals surface area contributed by atoms with Gasteiger partial charge in [0.2, 0.25) is 0 Å². The van der Waals surface area contributed by atoms with Crippen molar-refractivity contribution in [3.63, 3.8) is 0 Å². The molecule has 3 aliphatic rings. The minimum absolute atomic E-state index is 0.567. The molecule has 0 aromatic carbocycles. The lowest BCUT2D eigenvalue weighted by atomic mass is 9.58. The Labute approximate surface area is 144 Å². The van der Waals surface area contributed by atoms with Crippen molar-refractivity contribution in [2.75, 3.05) is 0 Å². The lowest BCUT2D eigenvalue weighted by Crippen LogP contribution is -2.38. The fourth-order valence-corrected chi connectivity index (χ4v) is 5.79. The second-order valence-corrected chi connectivity index (χ2v) is 8.55. The van der Waals surface area contributed by atoms with E-state index in [1.807, 2.05) is 0 Å². The summed E-state index contributed by atoms with van der Waals surface area (Å²) in [6, 6.07) is 0. The molecule has 0 heterocycles. The standard InChI is InChI=1S/C23H36/c1-4-21-13-7-8-14-22-20(12-9-17-23(21,22)3)16-15-19-11-6-5-10-18(19)2/h15-16,21-22H,2,4-14,17H2,1,3H3/b19-15-,20-16+. The van der Waals surface area contributed by atoms with Crippen LogP contribution in [0, 0.1) is 17.3 Å². The van der Waals surface area contributed by atoms with Crippen molar-refractivity contribution < 1.29 is 0 Å². The molecule has 0 radical (unpaired) electrons. The van der Waals surface area contributed by atoms with Crippen LogP contribution in [-0.4, -0.2) is 0 Å². The predicted octanol–water partition coefficient (Wildman–Crippen LogP) is 7.38. The van der Waals surface area contributed by atoms with Crippen LogP contribution in [0.4, 0.5) is 0 Å². The second kappa shape index (κ2) is 7.41. The highest BCUT2D eigenvalue weighted by Crippen LogP contribution is 2.55. The lowest BCUT2D eigenvalue weighted by Gasteiger charge is -2.47. The molecule has 3 rings (SSSR count). The van der Waals surface area contributed by atoms with Crippen LogP contribution in [0.1, 0.15) is 90.9 Å². The molecule has 0 bridgehead atoms. The molecule has 0 aliphatic heterocycles. The normalized spacial score (nSPS) is 39.3. The molecule has 0 saturated heterocycles. The van der Waals surface area contributed by atoms with Crippen molar-refractivity contribution in [3.8, 4) is 0 Å². The molecular formula is C23H36. The monoisotopic (exact) mass is 312 g/mol. The van der Waals surface area contributed by atoms with Crippen LogP contribution in [0.2, 0.25) is 0 Å². The topological polar surface area (TPSA) is 0 Å². The van der Waals surface area contributed by atoms with E-state index < -0.39 is 0 Å². The first-order valence-electron chi connectivity index (χ1n) is 10.2. The molecule has 0 heteroatoms. The van der Waals surface area contributed by atoms with Crippen molar-refractivity contribution in [2.24, 2.45) is 17.3 Å². The smallest absolute Gasteiger partial charge is 0.0143 e. The summed E-state index contributed by atoms with van der Waals surface area (Å²) in [7, 11) is 0. The molecule has 0 nitrogen and oxygen atoms in total. The van der Waals surface area contributed by atoms with Gasteiger partial charge in [0.1, 0.15) is 0 Å². The van der Waals surface area contributed by atoms with Gasteiger partial charge in [-0.2, -0.15) is 0 Å². The summed E-state index contributed by atoms with van der Waals surface area (Å²) in [5.41, 5.74) is 5.28. The fourth-order valence-electron chi connectivity index (χ4n) is 5.79. The van der Waals surface area contributed by atoms with Crippen LogP contribution in [0.15, 0.2) is 35.5 Å². The zero-order chi connectivity index (χ0) is 16.3. The average Bonchev–Trinajstić information content (AvgIpc) is 2.72. The molecular weight excluding hydrogens is 276 g/mol. The number of hydrogen-bond acceptors (Lipinski definition) is 0. The summed E-state index contributed by atoms with van der Waals surface area (Å²) in [5, 5.41) is 0. The molecule has 0 amide bonds. The zero-order valence-electron chi connectivity index (χ0n) is 15.5. The van der Waals surface area contributed by atoms with E-state index in [-0.39, 0.29) is 0 Å². The molecule has 3 unspecified atom stereocenters. The number of hydrogen-bond donors (Lipinski definition) is 0. The molecule has 0 spiro atoms. The van der Waals surface area contributed by atoms with Gasteiger partial charge in [-0.25, -0.2) is 0 Å². The van der Waals surface area contributed by atoms with Crippen LogP contribution in [0.25, 0.3) is 0 Å². The Bertz CT molecular complexity index is 492. The van der Waals surface area contributed by atoms with Gasteiger partial charge < -0.3 is 0 Å². The minimum Gasteiger partial charge on any atom is -0.0956 e. The largest absolute Gasteiger partial charge is 0.0956 e. The summed E-state index contributed by atoms with van der Waals surface area (Å²) < 4.78 is 0. The van der Waals surface area contributed by atoms with Crippen molar-refractivity contribution >= 4 is 0 Å².